The van der Waals surface area contributed by atoms with E-state index in [1.807, 2.05) is 13.8 Å². The molecule has 5 heteroatoms. The zero-order valence-electron chi connectivity index (χ0n) is 11.3. The highest BCUT2D eigenvalue weighted by atomic mass is 19.1. The van der Waals surface area contributed by atoms with Gasteiger partial charge in [-0.2, -0.15) is 0 Å². The Morgan fingerprint density at radius 1 is 1.42 bits per heavy atom. The number of amides is 1. The Kier molecular flexibility index (Phi) is 5.76. The minimum Gasteiger partial charge on any atom is -0.490 e. The second-order valence-electron chi connectivity index (χ2n) is 5.13. The number of aliphatic hydroxyl groups excluding tert-OH is 1. The first-order valence-corrected chi connectivity index (χ1v) is 6.19. The number of ether oxygens (including phenoxy) is 1. The van der Waals surface area contributed by atoms with Gasteiger partial charge in [0.05, 0.1) is 13.0 Å². The van der Waals surface area contributed by atoms with Crippen molar-refractivity contribution in [2.45, 2.75) is 20.3 Å². The minimum atomic E-state index is -0.440. The highest BCUT2D eigenvalue weighted by Crippen LogP contribution is 2.15. The van der Waals surface area contributed by atoms with E-state index < -0.39 is 5.82 Å². The van der Waals surface area contributed by atoms with Gasteiger partial charge in [-0.1, -0.05) is 26.0 Å². The maximum Gasteiger partial charge on any atom is 0.223 e. The van der Waals surface area contributed by atoms with Crippen LogP contribution in [0.4, 0.5) is 4.39 Å². The van der Waals surface area contributed by atoms with Crippen LogP contribution in [0.25, 0.3) is 0 Å². The third-order valence-electron chi connectivity index (χ3n) is 2.62. The van der Waals surface area contributed by atoms with Gasteiger partial charge in [0.25, 0.3) is 0 Å². The molecule has 4 nitrogen and oxygen atoms in total. The van der Waals surface area contributed by atoms with Crippen molar-refractivity contribution in [3.63, 3.8) is 0 Å². The molecule has 0 heterocycles. The van der Waals surface area contributed by atoms with Crippen molar-refractivity contribution in [2.24, 2.45) is 5.41 Å². The number of carbonyl (C=O) groups excluding carboxylic acids is 1. The van der Waals surface area contributed by atoms with Crippen molar-refractivity contribution in [1.82, 2.24) is 5.32 Å². The number of hydrogen-bond acceptors (Lipinski definition) is 3. The second-order valence-corrected chi connectivity index (χ2v) is 5.13. The molecule has 1 amide bonds. The molecule has 1 aromatic carbocycles. The molecular formula is C14H20FNO3. The van der Waals surface area contributed by atoms with Crippen LogP contribution in [0.5, 0.6) is 5.75 Å². The summed E-state index contributed by atoms with van der Waals surface area (Å²) in [7, 11) is 0. The number of aliphatic hydroxyl groups is 1. The lowest BCUT2D eigenvalue weighted by atomic mass is 9.95. The van der Waals surface area contributed by atoms with E-state index in [2.05, 4.69) is 5.32 Å². The van der Waals surface area contributed by atoms with Crippen LogP contribution < -0.4 is 10.1 Å². The molecule has 0 radical (unpaired) electrons. The fraction of sp³-hybridized carbons (Fsp3) is 0.500. The highest BCUT2D eigenvalue weighted by Gasteiger charge is 2.17. The van der Waals surface area contributed by atoms with Crippen molar-refractivity contribution in [3.05, 3.63) is 30.1 Å². The Hall–Kier alpha value is -1.62. The average Bonchev–Trinajstić information content (AvgIpc) is 2.39. The quantitative estimate of drug-likeness (QED) is 0.792. The van der Waals surface area contributed by atoms with E-state index in [-0.39, 0.29) is 36.7 Å². The number of halogens is 1. The molecule has 0 saturated heterocycles. The van der Waals surface area contributed by atoms with E-state index in [4.69, 9.17) is 9.84 Å². The molecule has 106 valence electrons. The van der Waals surface area contributed by atoms with Crippen LogP contribution in [-0.2, 0) is 4.79 Å². The van der Waals surface area contributed by atoms with Gasteiger partial charge in [0.15, 0.2) is 11.6 Å². The van der Waals surface area contributed by atoms with Crippen molar-refractivity contribution in [1.29, 1.82) is 0 Å². The Balaban J connectivity index is 2.26. The highest BCUT2D eigenvalue weighted by molar-refractivity contribution is 5.76. The van der Waals surface area contributed by atoms with Crippen LogP contribution in [0.2, 0.25) is 0 Å². The Bertz CT molecular complexity index is 421. The molecule has 0 fully saturated rings. The zero-order valence-corrected chi connectivity index (χ0v) is 11.3. The molecule has 0 unspecified atom stereocenters. The van der Waals surface area contributed by atoms with Gasteiger partial charge in [-0.05, 0) is 12.1 Å². The molecule has 2 N–H and O–H groups in total. The number of rotatable bonds is 7. The predicted octanol–water partition coefficient (Wildman–Crippen LogP) is 1.73. The molecule has 0 aliphatic heterocycles. The maximum atomic E-state index is 13.2. The molecule has 1 rings (SSSR count). The summed E-state index contributed by atoms with van der Waals surface area (Å²) >= 11 is 0. The van der Waals surface area contributed by atoms with Crippen LogP contribution in [0.1, 0.15) is 20.3 Å². The number of benzene rings is 1. The molecule has 0 atom stereocenters. The van der Waals surface area contributed by atoms with Crippen molar-refractivity contribution in [3.8, 4) is 5.75 Å². The van der Waals surface area contributed by atoms with Crippen LogP contribution >= 0.6 is 0 Å². The first-order valence-electron chi connectivity index (χ1n) is 6.19. The number of para-hydroxylation sites is 1. The molecule has 0 spiro atoms. The minimum absolute atomic E-state index is 0.000986. The Morgan fingerprint density at radius 2 is 2.11 bits per heavy atom. The van der Waals surface area contributed by atoms with Crippen LogP contribution in [0.15, 0.2) is 24.3 Å². The van der Waals surface area contributed by atoms with Gasteiger partial charge in [-0.3, -0.25) is 4.79 Å². The number of hydrogen-bond donors (Lipinski definition) is 2. The summed E-state index contributed by atoms with van der Waals surface area (Å²) in [4.78, 5) is 11.5. The Labute approximate surface area is 112 Å². The third-order valence-corrected chi connectivity index (χ3v) is 2.62. The summed E-state index contributed by atoms with van der Waals surface area (Å²) in [6.45, 7) is 4.21. The summed E-state index contributed by atoms with van der Waals surface area (Å²) in [5, 5.41) is 11.7. The standard InChI is InChI=1S/C14H20FNO3/c1-14(2,10-17)9-16-13(18)7-8-19-12-6-4-3-5-11(12)15/h3-6,17H,7-10H2,1-2H3,(H,16,18). The SMILES string of the molecule is CC(C)(CO)CNC(=O)CCOc1ccccc1F. The van der Waals surface area contributed by atoms with Gasteiger partial charge in [0.2, 0.25) is 5.91 Å². The van der Waals surface area contributed by atoms with Gasteiger partial charge < -0.3 is 15.2 Å². The van der Waals surface area contributed by atoms with E-state index >= 15 is 0 Å². The first kappa shape index (κ1) is 15.4. The summed E-state index contributed by atoms with van der Waals surface area (Å²) in [5.41, 5.74) is -0.345. The van der Waals surface area contributed by atoms with Crippen LogP contribution in [0.3, 0.4) is 0 Å². The molecule has 1 aromatic rings. The monoisotopic (exact) mass is 269 g/mol. The zero-order chi connectivity index (χ0) is 14.3. The molecule has 0 aromatic heterocycles. The fourth-order valence-electron chi connectivity index (χ4n) is 1.30. The fourth-order valence-corrected chi connectivity index (χ4v) is 1.30. The van der Waals surface area contributed by atoms with E-state index in [1.165, 1.54) is 12.1 Å². The lowest BCUT2D eigenvalue weighted by Gasteiger charge is -2.21. The largest absolute Gasteiger partial charge is 0.490 e. The average molecular weight is 269 g/mol. The van der Waals surface area contributed by atoms with Crippen LogP contribution in [0, 0.1) is 11.2 Å². The van der Waals surface area contributed by atoms with E-state index in [1.54, 1.807) is 12.1 Å². The summed E-state index contributed by atoms with van der Waals surface area (Å²) < 4.78 is 18.4. The van der Waals surface area contributed by atoms with Gasteiger partial charge >= 0.3 is 0 Å². The molecule has 19 heavy (non-hydrogen) atoms. The Morgan fingerprint density at radius 3 is 2.74 bits per heavy atom. The topological polar surface area (TPSA) is 58.6 Å². The molecular weight excluding hydrogens is 249 g/mol. The van der Waals surface area contributed by atoms with Gasteiger partial charge in [-0.25, -0.2) is 4.39 Å². The molecule has 0 aliphatic rings. The predicted molar refractivity (Wildman–Crippen MR) is 70.4 cm³/mol. The van der Waals surface area contributed by atoms with E-state index in [0.29, 0.717) is 6.54 Å². The van der Waals surface area contributed by atoms with Crippen molar-refractivity contribution in [2.75, 3.05) is 19.8 Å². The van der Waals surface area contributed by atoms with Gasteiger partial charge in [-0.15, -0.1) is 0 Å². The number of carbonyl (C=O) groups is 1. The first-order chi connectivity index (χ1) is 8.94. The smallest absolute Gasteiger partial charge is 0.223 e. The summed E-state index contributed by atoms with van der Waals surface area (Å²) in [6.07, 6.45) is 0.149. The lowest BCUT2D eigenvalue weighted by molar-refractivity contribution is -0.122. The lowest BCUT2D eigenvalue weighted by Crippen LogP contribution is -2.36. The van der Waals surface area contributed by atoms with E-state index in [0.717, 1.165) is 0 Å². The van der Waals surface area contributed by atoms with Gasteiger partial charge in [0.1, 0.15) is 0 Å². The summed E-state index contributed by atoms with van der Waals surface area (Å²) in [5.74, 6) is -0.479. The van der Waals surface area contributed by atoms with Gasteiger partial charge in [0, 0.05) is 18.6 Å². The normalized spacial score (nSPS) is 11.2. The molecule has 0 saturated carbocycles. The van der Waals surface area contributed by atoms with Crippen molar-refractivity contribution < 1.29 is 19.0 Å². The third kappa shape index (κ3) is 5.70. The molecule has 0 aliphatic carbocycles. The second kappa shape index (κ2) is 7.09. The molecule has 0 bridgehead atoms. The summed E-state index contributed by atoms with van der Waals surface area (Å²) in [6, 6.07) is 6.06. The van der Waals surface area contributed by atoms with E-state index in [9.17, 15) is 9.18 Å². The maximum absolute atomic E-state index is 13.2. The van der Waals surface area contributed by atoms with Crippen LogP contribution in [-0.4, -0.2) is 30.8 Å². The number of nitrogens with one attached hydrogen (secondary N) is 1. The van der Waals surface area contributed by atoms with Crippen molar-refractivity contribution >= 4 is 5.91 Å².